The van der Waals surface area contributed by atoms with Crippen LogP contribution in [-0.2, 0) is 39.8 Å². The molecule has 2 atom stereocenters. The van der Waals surface area contributed by atoms with Gasteiger partial charge in [0.05, 0.1) is 32.0 Å². The average Bonchev–Trinajstić information content (AvgIpc) is 3.35. The number of carbonyl (C=O) groups excluding carboxylic acids is 4. The Bertz CT molecular complexity index is 2220. The van der Waals surface area contributed by atoms with Crippen molar-refractivity contribution in [2.75, 3.05) is 59.3 Å². The Morgan fingerprint density at radius 3 is 1.66 bits per heavy atom. The summed E-state index contributed by atoms with van der Waals surface area (Å²) in [6, 6.07) is 30.4. The van der Waals surface area contributed by atoms with Gasteiger partial charge in [-0.3, -0.25) is 14.6 Å². The molecule has 14 heteroatoms. The van der Waals surface area contributed by atoms with Crippen molar-refractivity contribution in [2.45, 2.75) is 103 Å². The zero-order valence-corrected chi connectivity index (χ0v) is 38.7. The summed E-state index contributed by atoms with van der Waals surface area (Å²) in [6.45, 7) is 6.37. The minimum Gasteiger partial charge on any atom is -0.468 e. The number of aldehydes is 1. The van der Waals surface area contributed by atoms with Gasteiger partial charge < -0.3 is 29.5 Å². The second kappa shape index (κ2) is 29.7. The predicted molar refractivity (Wildman–Crippen MR) is 261 cm³/mol. The Morgan fingerprint density at radius 2 is 1.18 bits per heavy atom. The van der Waals surface area contributed by atoms with Crippen LogP contribution in [0.15, 0.2) is 109 Å². The van der Waals surface area contributed by atoms with Crippen molar-refractivity contribution in [3.8, 4) is 0 Å². The third-order valence-electron chi connectivity index (χ3n) is 11.7. The topological polar surface area (TPSA) is 176 Å². The van der Waals surface area contributed by atoms with Crippen LogP contribution >= 0.6 is 0 Å². The number of aryl methyl sites for hydroxylation is 1. The van der Waals surface area contributed by atoms with E-state index in [9.17, 15) is 19.2 Å². The zero-order chi connectivity index (χ0) is 46.9. The lowest BCUT2D eigenvalue weighted by atomic mass is 10.0. The van der Waals surface area contributed by atoms with E-state index in [2.05, 4.69) is 36.9 Å². The molecule has 2 saturated heterocycles. The Kier molecular flexibility index (Phi) is 23.8. The van der Waals surface area contributed by atoms with Gasteiger partial charge in [-0.1, -0.05) is 68.1 Å². The van der Waals surface area contributed by atoms with Crippen LogP contribution in [-0.4, -0.2) is 115 Å². The first kappa shape index (κ1) is 53.7. The molecule has 2 aliphatic rings. The maximum absolute atomic E-state index is 12.4. The number of hydrogen-bond donors (Lipinski definition) is 1. The molecule has 0 bridgehead atoms. The molecule has 0 amide bonds. The number of pyridine rings is 3. The van der Waals surface area contributed by atoms with Crippen molar-refractivity contribution in [1.29, 1.82) is 0 Å². The smallest absolute Gasteiger partial charge is 0.327 e. The fourth-order valence-corrected chi connectivity index (χ4v) is 8.13. The van der Waals surface area contributed by atoms with Crippen molar-refractivity contribution in [3.63, 3.8) is 0 Å². The molecule has 2 N–H and O–H groups in total. The van der Waals surface area contributed by atoms with E-state index < -0.39 is 0 Å². The molecular formula is C53H70N6O8. The number of hydrogen-bond acceptors (Lipinski definition) is 14. The predicted octanol–water partition coefficient (Wildman–Crippen LogP) is 8.60. The van der Waals surface area contributed by atoms with Gasteiger partial charge in [0.25, 0.3) is 0 Å². The molecule has 67 heavy (non-hydrogen) atoms. The number of carbonyl (C=O) groups is 4. The number of methoxy groups -OCH3 is 2. The quantitative estimate of drug-likeness (QED) is 0.0473. The number of ketones is 1. The molecule has 2 aromatic carbocycles. The van der Waals surface area contributed by atoms with E-state index in [-0.39, 0.29) is 55.3 Å². The lowest BCUT2D eigenvalue weighted by Crippen LogP contribution is -2.42. The van der Waals surface area contributed by atoms with Gasteiger partial charge in [-0.25, -0.2) is 24.5 Å². The minimum absolute atomic E-state index is 0. The Balaban J connectivity index is 0.000000248. The van der Waals surface area contributed by atoms with Gasteiger partial charge in [-0.05, 0) is 112 Å². The number of piperidine rings is 2. The third-order valence-corrected chi connectivity index (χ3v) is 11.7. The normalized spacial score (nSPS) is 15.3. The lowest BCUT2D eigenvalue weighted by Gasteiger charge is -2.36. The average molecular weight is 919 g/mol. The second-order valence-corrected chi connectivity index (χ2v) is 16.4. The molecule has 0 aliphatic carbocycles. The molecule has 5 heterocycles. The molecule has 14 nitrogen and oxygen atoms in total. The fourth-order valence-electron chi connectivity index (χ4n) is 8.13. The number of nitrogen functional groups attached to an aromatic ring is 1. The summed E-state index contributed by atoms with van der Waals surface area (Å²) >= 11 is 0. The van der Waals surface area contributed by atoms with Gasteiger partial charge in [0, 0.05) is 69.3 Å². The van der Waals surface area contributed by atoms with E-state index in [4.69, 9.17) is 24.7 Å². The zero-order valence-electron chi connectivity index (χ0n) is 38.7. The number of anilines is 1. The maximum Gasteiger partial charge on any atom is 0.327 e. The number of ether oxygens (including phenoxy) is 4. The third kappa shape index (κ3) is 17.7. The molecule has 360 valence electrons. The molecule has 0 saturated carbocycles. The highest BCUT2D eigenvalue weighted by molar-refractivity contribution is 5.81. The molecule has 7 rings (SSSR count). The van der Waals surface area contributed by atoms with Crippen LogP contribution in [0.25, 0.3) is 11.0 Å². The molecule has 0 spiro atoms. The summed E-state index contributed by atoms with van der Waals surface area (Å²) in [6.07, 6.45) is 13.6. The number of unbranched alkanes of at least 4 members (excludes halogenated alkanes) is 2. The summed E-state index contributed by atoms with van der Waals surface area (Å²) < 4.78 is 22.2. The van der Waals surface area contributed by atoms with E-state index in [1.165, 1.54) is 14.2 Å². The van der Waals surface area contributed by atoms with Gasteiger partial charge in [0.2, 0.25) is 0 Å². The fraction of sp³-hybridized carbons (Fsp3) is 0.453. The second-order valence-electron chi connectivity index (χ2n) is 16.4. The maximum atomic E-state index is 12.4. The first-order valence-corrected chi connectivity index (χ1v) is 23.0. The van der Waals surface area contributed by atoms with Crippen LogP contribution < -0.4 is 5.73 Å². The van der Waals surface area contributed by atoms with E-state index in [1.54, 1.807) is 31.5 Å². The first-order chi connectivity index (χ1) is 32.2. The van der Waals surface area contributed by atoms with Gasteiger partial charge in [0.1, 0.15) is 23.7 Å². The highest BCUT2D eigenvalue weighted by Gasteiger charge is 2.33. The SMILES string of the molecule is C.COC(=O)C(c1ccccc1)N1CCC(OCCCCC(C)=O)CC1.COC(=O)C(c1ccccc1)N1CCC(OCCCCc2ccc3cccnc3n2)CC1.Nc1ncccc1C=O. The van der Waals surface area contributed by atoms with Crippen molar-refractivity contribution < 1.29 is 38.1 Å². The molecule has 5 aromatic rings. The van der Waals surface area contributed by atoms with Crippen molar-refractivity contribution in [2.24, 2.45) is 0 Å². The summed E-state index contributed by atoms with van der Waals surface area (Å²) in [5.74, 6) is 0.110. The number of aromatic nitrogens is 3. The molecule has 2 fully saturated rings. The molecule has 2 unspecified atom stereocenters. The standard InChI is InChI=1S/C26H31N3O3.C20H29NO4.C6H6N2O.CH4/c1-31-26(30)24(20-8-3-2-4-9-20)29-17-14-23(15-18-29)32-19-6-5-11-22-13-12-21-10-7-16-27-25(21)28-22;1-16(22)8-6-7-15-25-18-11-13-21(14-12-18)19(20(23)24-2)17-9-4-3-5-10-17;7-6-5(4-9)2-1-3-8-6;/h2-4,7-10,12-13,16,23-24H,5-6,11,14-15,17-19H2,1H3;3-5,9-10,18-19H,6-8,11-15H2,1-2H3;1-4H,(H2,7,8);1H4. The van der Waals surface area contributed by atoms with E-state index in [1.807, 2.05) is 72.8 Å². The van der Waals surface area contributed by atoms with Crippen molar-refractivity contribution >= 4 is 40.9 Å². The van der Waals surface area contributed by atoms with Crippen LogP contribution in [0.4, 0.5) is 5.82 Å². The molecule has 3 aromatic heterocycles. The molecule has 2 aliphatic heterocycles. The van der Waals surface area contributed by atoms with Crippen molar-refractivity contribution in [1.82, 2.24) is 24.8 Å². The summed E-state index contributed by atoms with van der Waals surface area (Å²) in [7, 11) is 2.90. The van der Waals surface area contributed by atoms with Gasteiger partial charge in [-0.2, -0.15) is 0 Å². The summed E-state index contributed by atoms with van der Waals surface area (Å²) in [4.78, 5) is 62.8. The number of likely N-dealkylation sites (tertiary alicyclic amines) is 2. The lowest BCUT2D eigenvalue weighted by molar-refractivity contribution is -0.149. The van der Waals surface area contributed by atoms with E-state index in [0.29, 0.717) is 24.9 Å². The van der Waals surface area contributed by atoms with E-state index in [0.717, 1.165) is 118 Å². The Morgan fingerprint density at radius 1 is 0.672 bits per heavy atom. The summed E-state index contributed by atoms with van der Waals surface area (Å²) in [5.41, 5.74) is 9.58. The highest BCUT2D eigenvalue weighted by atomic mass is 16.5. The van der Waals surface area contributed by atoms with Crippen LogP contribution in [0.2, 0.25) is 0 Å². The number of esters is 2. The van der Waals surface area contributed by atoms with Crippen LogP contribution in [0.5, 0.6) is 0 Å². The van der Waals surface area contributed by atoms with Crippen molar-refractivity contribution in [3.05, 3.63) is 132 Å². The number of nitrogens with zero attached hydrogens (tertiary/aromatic N) is 5. The Labute approximate surface area is 396 Å². The van der Waals surface area contributed by atoms with Crippen LogP contribution in [0.1, 0.15) is 111 Å². The summed E-state index contributed by atoms with van der Waals surface area (Å²) in [5, 5.41) is 1.08. The number of rotatable bonds is 19. The first-order valence-electron chi connectivity index (χ1n) is 23.0. The number of benzene rings is 2. The molecular weight excluding hydrogens is 849 g/mol. The van der Waals surface area contributed by atoms with Gasteiger partial charge in [-0.15, -0.1) is 0 Å². The van der Waals surface area contributed by atoms with Gasteiger partial charge >= 0.3 is 11.9 Å². The number of Topliss-reactive ketones (excluding diaryl/α,β-unsaturated/α-hetero) is 1. The van der Waals surface area contributed by atoms with Crippen LogP contribution in [0, 0.1) is 0 Å². The largest absolute Gasteiger partial charge is 0.468 e. The van der Waals surface area contributed by atoms with Gasteiger partial charge in [0.15, 0.2) is 11.9 Å². The Hall–Kier alpha value is -5.93. The number of fused-ring (bicyclic) bond motifs is 1. The number of nitrogens with two attached hydrogens (primary N) is 1. The highest BCUT2D eigenvalue weighted by Crippen LogP contribution is 2.28. The minimum atomic E-state index is -0.345. The van der Waals surface area contributed by atoms with E-state index >= 15 is 0 Å². The monoisotopic (exact) mass is 919 g/mol. The molecule has 0 radical (unpaired) electrons. The van der Waals surface area contributed by atoms with Crippen LogP contribution in [0.3, 0.4) is 0 Å².